The standard InChI is InChI=1S/C16H18ClN3O/c1-2-3-9-20(12-13-5-4-6-15(17)10-13)16(21)14-7-8-18-19-11-14/h4-8,10-11H,2-3,9,12H2,1H3. The number of hydrogen-bond donors (Lipinski definition) is 0. The minimum atomic E-state index is -0.0293. The van der Waals surface area contributed by atoms with Crippen LogP contribution >= 0.6 is 11.6 Å². The van der Waals surface area contributed by atoms with Crippen LogP contribution in [-0.4, -0.2) is 27.5 Å². The fourth-order valence-electron chi connectivity index (χ4n) is 2.06. The van der Waals surface area contributed by atoms with Crippen LogP contribution in [-0.2, 0) is 6.54 Å². The van der Waals surface area contributed by atoms with Crippen molar-refractivity contribution in [3.05, 3.63) is 58.9 Å². The number of carbonyl (C=O) groups is 1. The first-order valence-electron chi connectivity index (χ1n) is 7.01. The van der Waals surface area contributed by atoms with Crippen LogP contribution in [0.4, 0.5) is 0 Å². The summed E-state index contributed by atoms with van der Waals surface area (Å²) in [6.07, 6.45) is 5.03. The number of nitrogens with zero attached hydrogens (tertiary/aromatic N) is 3. The Hall–Kier alpha value is -1.94. The molecule has 0 N–H and O–H groups in total. The van der Waals surface area contributed by atoms with Crippen molar-refractivity contribution in [2.24, 2.45) is 0 Å². The Kier molecular flexibility index (Phi) is 5.69. The second-order valence-corrected chi connectivity index (χ2v) is 5.28. The van der Waals surface area contributed by atoms with Crippen LogP contribution in [0.2, 0.25) is 5.02 Å². The van der Waals surface area contributed by atoms with Gasteiger partial charge in [0.15, 0.2) is 0 Å². The van der Waals surface area contributed by atoms with E-state index < -0.39 is 0 Å². The Balaban J connectivity index is 2.16. The molecule has 2 aromatic rings. The number of amides is 1. The lowest BCUT2D eigenvalue weighted by molar-refractivity contribution is 0.0740. The minimum absolute atomic E-state index is 0.0293. The zero-order valence-corrected chi connectivity index (χ0v) is 12.8. The summed E-state index contributed by atoms with van der Waals surface area (Å²) in [5.41, 5.74) is 1.58. The summed E-state index contributed by atoms with van der Waals surface area (Å²) in [4.78, 5) is 14.4. The summed E-state index contributed by atoms with van der Waals surface area (Å²) in [5, 5.41) is 8.16. The van der Waals surface area contributed by atoms with Crippen molar-refractivity contribution in [2.45, 2.75) is 26.3 Å². The molecule has 1 aromatic heterocycles. The van der Waals surface area contributed by atoms with Crippen molar-refractivity contribution < 1.29 is 4.79 Å². The molecule has 2 rings (SSSR count). The number of halogens is 1. The first-order chi connectivity index (χ1) is 10.2. The molecule has 0 atom stereocenters. The van der Waals surface area contributed by atoms with Gasteiger partial charge in [-0.1, -0.05) is 37.1 Å². The third-order valence-electron chi connectivity index (χ3n) is 3.16. The molecule has 1 aromatic carbocycles. The van der Waals surface area contributed by atoms with Gasteiger partial charge in [-0.3, -0.25) is 4.79 Å². The zero-order chi connectivity index (χ0) is 15.1. The smallest absolute Gasteiger partial charge is 0.255 e. The molecule has 4 nitrogen and oxygen atoms in total. The molecule has 0 aliphatic heterocycles. The summed E-state index contributed by atoms with van der Waals surface area (Å²) in [5.74, 6) is -0.0293. The van der Waals surface area contributed by atoms with Gasteiger partial charge in [0.2, 0.25) is 0 Å². The van der Waals surface area contributed by atoms with E-state index in [1.54, 1.807) is 6.07 Å². The molecule has 0 bridgehead atoms. The summed E-state index contributed by atoms with van der Waals surface area (Å²) in [7, 11) is 0. The molecule has 21 heavy (non-hydrogen) atoms. The van der Waals surface area contributed by atoms with E-state index in [1.807, 2.05) is 29.2 Å². The molecule has 0 aliphatic rings. The lowest BCUT2D eigenvalue weighted by Gasteiger charge is -2.22. The monoisotopic (exact) mass is 303 g/mol. The molecule has 0 fully saturated rings. The van der Waals surface area contributed by atoms with E-state index in [0.717, 1.165) is 18.4 Å². The highest BCUT2D eigenvalue weighted by molar-refractivity contribution is 6.30. The maximum absolute atomic E-state index is 12.6. The van der Waals surface area contributed by atoms with Crippen molar-refractivity contribution in [2.75, 3.05) is 6.54 Å². The zero-order valence-electron chi connectivity index (χ0n) is 12.0. The second-order valence-electron chi connectivity index (χ2n) is 4.84. The normalized spacial score (nSPS) is 10.4. The van der Waals surface area contributed by atoms with E-state index in [2.05, 4.69) is 17.1 Å². The van der Waals surface area contributed by atoms with Crippen molar-refractivity contribution >= 4 is 17.5 Å². The van der Waals surface area contributed by atoms with Gasteiger partial charge in [-0.15, -0.1) is 0 Å². The van der Waals surface area contributed by atoms with Gasteiger partial charge in [-0.2, -0.15) is 10.2 Å². The maximum Gasteiger partial charge on any atom is 0.255 e. The van der Waals surface area contributed by atoms with E-state index in [0.29, 0.717) is 23.7 Å². The van der Waals surface area contributed by atoms with Gasteiger partial charge < -0.3 is 4.90 Å². The molecule has 0 spiro atoms. The van der Waals surface area contributed by atoms with E-state index in [4.69, 9.17) is 11.6 Å². The van der Waals surface area contributed by atoms with E-state index in [-0.39, 0.29) is 5.91 Å². The number of carbonyl (C=O) groups excluding carboxylic acids is 1. The van der Waals surface area contributed by atoms with Crippen LogP contribution in [0.15, 0.2) is 42.7 Å². The highest BCUT2D eigenvalue weighted by atomic mass is 35.5. The van der Waals surface area contributed by atoms with Crippen LogP contribution in [0, 0.1) is 0 Å². The second kappa shape index (κ2) is 7.74. The number of unbranched alkanes of at least 4 members (excludes halogenated alkanes) is 1. The molecule has 0 radical (unpaired) electrons. The minimum Gasteiger partial charge on any atom is -0.334 e. The van der Waals surface area contributed by atoms with Crippen molar-refractivity contribution in [3.8, 4) is 0 Å². The Bertz CT molecular complexity index is 589. The van der Waals surface area contributed by atoms with Crippen LogP contribution in [0.25, 0.3) is 0 Å². The largest absolute Gasteiger partial charge is 0.334 e. The molecule has 110 valence electrons. The quantitative estimate of drug-likeness (QED) is 0.819. The third kappa shape index (κ3) is 4.53. The van der Waals surface area contributed by atoms with Gasteiger partial charge in [0.25, 0.3) is 5.91 Å². The van der Waals surface area contributed by atoms with Gasteiger partial charge in [0.05, 0.1) is 18.0 Å². The van der Waals surface area contributed by atoms with E-state index >= 15 is 0 Å². The summed E-state index contributed by atoms with van der Waals surface area (Å²) < 4.78 is 0. The fourth-order valence-corrected chi connectivity index (χ4v) is 2.27. The average Bonchev–Trinajstić information content (AvgIpc) is 2.51. The van der Waals surface area contributed by atoms with Gasteiger partial charge >= 0.3 is 0 Å². The maximum atomic E-state index is 12.6. The predicted molar refractivity (Wildman–Crippen MR) is 83.1 cm³/mol. The molecule has 0 aliphatic carbocycles. The number of benzene rings is 1. The lowest BCUT2D eigenvalue weighted by atomic mass is 10.1. The predicted octanol–water partition coefficient (Wildman–Crippen LogP) is 3.57. The van der Waals surface area contributed by atoms with Gasteiger partial charge in [-0.05, 0) is 30.2 Å². The van der Waals surface area contributed by atoms with E-state index in [9.17, 15) is 4.79 Å². The summed E-state index contributed by atoms with van der Waals surface area (Å²) in [6.45, 7) is 3.36. The van der Waals surface area contributed by atoms with Gasteiger partial charge in [-0.25, -0.2) is 0 Å². The SMILES string of the molecule is CCCCN(Cc1cccc(Cl)c1)C(=O)c1ccnnc1. The lowest BCUT2D eigenvalue weighted by Crippen LogP contribution is -2.31. The van der Waals surface area contributed by atoms with Crippen molar-refractivity contribution in [3.63, 3.8) is 0 Å². The molecule has 1 heterocycles. The third-order valence-corrected chi connectivity index (χ3v) is 3.40. The molecule has 1 amide bonds. The van der Waals surface area contributed by atoms with Gasteiger partial charge in [0, 0.05) is 18.1 Å². The Morgan fingerprint density at radius 1 is 1.29 bits per heavy atom. The molecular weight excluding hydrogens is 286 g/mol. The number of aromatic nitrogens is 2. The van der Waals surface area contributed by atoms with Crippen molar-refractivity contribution in [1.29, 1.82) is 0 Å². The summed E-state index contributed by atoms with van der Waals surface area (Å²) >= 11 is 6.01. The first kappa shape index (κ1) is 15.4. The molecule has 0 saturated heterocycles. The van der Waals surface area contributed by atoms with Crippen LogP contribution in [0.5, 0.6) is 0 Å². The highest BCUT2D eigenvalue weighted by Crippen LogP contribution is 2.15. The Labute approximate surface area is 129 Å². The topological polar surface area (TPSA) is 46.1 Å². The fraction of sp³-hybridized carbons (Fsp3) is 0.312. The summed E-state index contributed by atoms with van der Waals surface area (Å²) in [6, 6.07) is 9.28. The van der Waals surface area contributed by atoms with Crippen LogP contribution in [0.3, 0.4) is 0 Å². The van der Waals surface area contributed by atoms with Crippen LogP contribution < -0.4 is 0 Å². The van der Waals surface area contributed by atoms with E-state index in [1.165, 1.54) is 12.4 Å². The molecular formula is C16H18ClN3O. The molecule has 0 saturated carbocycles. The van der Waals surface area contributed by atoms with Crippen LogP contribution in [0.1, 0.15) is 35.7 Å². The first-order valence-corrected chi connectivity index (χ1v) is 7.39. The molecule has 0 unspecified atom stereocenters. The highest BCUT2D eigenvalue weighted by Gasteiger charge is 2.16. The molecule has 5 heteroatoms. The van der Waals surface area contributed by atoms with Gasteiger partial charge in [0.1, 0.15) is 0 Å². The number of hydrogen-bond acceptors (Lipinski definition) is 3. The van der Waals surface area contributed by atoms with Crippen molar-refractivity contribution in [1.82, 2.24) is 15.1 Å². The Morgan fingerprint density at radius 3 is 2.81 bits per heavy atom. The number of rotatable bonds is 6. The average molecular weight is 304 g/mol. The Morgan fingerprint density at radius 2 is 2.14 bits per heavy atom.